The Morgan fingerprint density at radius 1 is 1.11 bits per heavy atom. The normalized spacial score (nSPS) is 14.9. The molecule has 0 saturated carbocycles. The van der Waals surface area contributed by atoms with Gasteiger partial charge in [0.15, 0.2) is 5.11 Å². The molecule has 0 amide bonds. The highest BCUT2D eigenvalue weighted by molar-refractivity contribution is 7.80. The summed E-state index contributed by atoms with van der Waals surface area (Å²) in [5, 5.41) is 3.94. The van der Waals surface area contributed by atoms with E-state index in [1.54, 1.807) is 31.4 Å². The Kier molecular flexibility index (Phi) is 6.58. The fourth-order valence-electron chi connectivity index (χ4n) is 3.25. The highest BCUT2D eigenvalue weighted by Crippen LogP contribution is 2.18. The van der Waals surface area contributed by atoms with Gasteiger partial charge in [0, 0.05) is 6.54 Å². The van der Waals surface area contributed by atoms with E-state index >= 15 is 0 Å². The molecule has 1 aliphatic heterocycles. The molecule has 3 rings (SSSR count). The molecule has 0 unspecified atom stereocenters. The van der Waals surface area contributed by atoms with E-state index in [0.717, 1.165) is 49.6 Å². The van der Waals surface area contributed by atoms with Crippen molar-refractivity contribution in [3.05, 3.63) is 65.2 Å². The number of benzene rings is 2. The van der Waals surface area contributed by atoms with Crippen molar-refractivity contribution in [2.45, 2.75) is 13.1 Å². The number of hydrogen-bond acceptors (Lipinski definition) is 2. The zero-order chi connectivity index (χ0) is 19.2. The van der Waals surface area contributed by atoms with Crippen molar-refractivity contribution < 1.29 is 18.4 Å². The highest BCUT2D eigenvalue weighted by Gasteiger charge is 2.23. The van der Waals surface area contributed by atoms with Crippen LogP contribution in [0, 0.1) is 11.6 Å². The highest BCUT2D eigenvalue weighted by atomic mass is 32.1. The quantitative estimate of drug-likeness (QED) is 0.759. The van der Waals surface area contributed by atoms with Crippen LogP contribution in [-0.4, -0.2) is 43.3 Å². The summed E-state index contributed by atoms with van der Waals surface area (Å²) in [5.41, 5.74) is 1.87. The van der Waals surface area contributed by atoms with Gasteiger partial charge in [-0.2, -0.15) is 0 Å². The smallest absolute Gasteiger partial charge is 0.169 e. The number of halogens is 2. The molecule has 0 spiro atoms. The molecular formula is C20H24F2N3OS+. The zero-order valence-electron chi connectivity index (χ0n) is 15.3. The molecule has 1 aliphatic rings. The number of methoxy groups -OCH3 is 1. The maximum atomic E-state index is 13.5. The van der Waals surface area contributed by atoms with Crippen LogP contribution in [-0.2, 0) is 13.1 Å². The van der Waals surface area contributed by atoms with Crippen molar-refractivity contribution in [1.29, 1.82) is 0 Å². The average molecular weight is 392 g/mol. The lowest BCUT2D eigenvalue weighted by atomic mass is 10.1. The van der Waals surface area contributed by atoms with Crippen LogP contribution in [0.1, 0.15) is 11.1 Å². The first-order valence-corrected chi connectivity index (χ1v) is 9.39. The Labute approximate surface area is 163 Å². The topological polar surface area (TPSA) is 28.9 Å². The Hall–Kier alpha value is -2.25. The van der Waals surface area contributed by atoms with Crippen molar-refractivity contribution >= 4 is 17.3 Å². The zero-order valence-corrected chi connectivity index (χ0v) is 16.1. The van der Waals surface area contributed by atoms with Crippen LogP contribution in [0.3, 0.4) is 0 Å². The second-order valence-corrected chi connectivity index (χ2v) is 7.04. The first-order chi connectivity index (χ1) is 13.0. The number of ether oxygens (including phenoxy) is 1. The molecule has 2 N–H and O–H groups in total. The second-order valence-electron chi connectivity index (χ2n) is 6.66. The van der Waals surface area contributed by atoms with Crippen LogP contribution in [0.25, 0.3) is 0 Å². The monoisotopic (exact) mass is 392 g/mol. The van der Waals surface area contributed by atoms with E-state index in [4.69, 9.17) is 17.0 Å². The lowest BCUT2D eigenvalue weighted by Gasteiger charge is -2.34. The third-order valence-corrected chi connectivity index (χ3v) is 5.20. The first-order valence-electron chi connectivity index (χ1n) is 8.98. The van der Waals surface area contributed by atoms with Gasteiger partial charge in [-0.1, -0.05) is 12.1 Å². The maximum absolute atomic E-state index is 13.5. The van der Waals surface area contributed by atoms with Gasteiger partial charge in [0.1, 0.15) is 23.9 Å². The van der Waals surface area contributed by atoms with Crippen molar-refractivity contribution in [2.24, 2.45) is 0 Å². The molecular weight excluding hydrogens is 368 g/mol. The maximum Gasteiger partial charge on any atom is 0.169 e. The summed E-state index contributed by atoms with van der Waals surface area (Å²) in [5.74, 6) is 0.244. The minimum Gasteiger partial charge on any atom is -0.496 e. The van der Waals surface area contributed by atoms with Crippen molar-refractivity contribution in [3.8, 4) is 5.75 Å². The standard InChI is InChI=1S/C20H23F2N3OS/c1-26-19-7-6-18(22)12-16(19)14-24-8-10-25(11-9-24)20(27)23-13-15-2-4-17(21)5-3-15/h2-7,12H,8-11,13-14H2,1H3,(H,23,27)/p+1. The lowest BCUT2D eigenvalue weighted by Crippen LogP contribution is -3.13. The molecule has 0 aromatic heterocycles. The van der Waals surface area contributed by atoms with E-state index in [2.05, 4.69) is 10.2 Å². The van der Waals surface area contributed by atoms with Gasteiger partial charge < -0.3 is 19.9 Å². The summed E-state index contributed by atoms with van der Waals surface area (Å²) in [6.07, 6.45) is 0. The number of nitrogens with one attached hydrogen (secondary N) is 2. The van der Waals surface area contributed by atoms with E-state index in [-0.39, 0.29) is 11.6 Å². The number of quaternary nitrogens is 1. The van der Waals surface area contributed by atoms with E-state index in [1.165, 1.54) is 23.1 Å². The minimum absolute atomic E-state index is 0.240. The molecule has 2 aromatic carbocycles. The minimum atomic E-state index is -0.241. The van der Waals surface area contributed by atoms with E-state index in [9.17, 15) is 8.78 Å². The predicted molar refractivity (Wildman–Crippen MR) is 105 cm³/mol. The van der Waals surface area contributed by atoms with Crippen LogP contribution in [0.15, 0.2) is 42.5 Å². The molecule has 0 atom stereocenters. The summed E-state index contributed by atoms with van der Waals surface area (Å²) in [6, 6.07) is 11.0. The van der Waals surface area contributed by atoms with Gasteiger partial charge in [-0.3, -0.25) is 0 Å². The van der Waals surface area contributed by atoms with Gasteiger partial charge in [0.05, 0.1) is 38.9 Å². The Morgan fingerprint density at radius 2 is 1.78 bits per heavy atom. The van der Waals surface area contributed by atoms with Gasteiger partial charge in [0.25, 0.3) is 0 Å². The third-order valence-electron chi connectivity index (χ3n) is 4.80. The molecule has 7 heteroatoms. The van der Waals surface area contributed by atoms with Gasteiger partial charge in [-0.15, -0.1) is 0 Å². The van der Waals surface area contributed by atoms with Crippen LogP contribution in [0.2, 0.25) is 0 Å². The number of piperazine rings is 1. The Bertz CT molecular complexity index is 777. The van der Waals surface area contributed by atoms with Gasteiger partial charge in [-0.25, -0.2) is 8.78 Å². The Morgan fingerprint density at radius 3 is 2.44 bits per heavy atom. The summed E-state index contributed by atoms with van der Waals surface area (Å²) < 4.78 is 31.8. The van der Waals surface area contributed by atoms with Gasteiger partial charge in [-0.05, 0) is 48.1 Å². The fraction of sp³-hybridized carbons (Fsp3) is 0.350. The molecule has 1 fully saturated rings. The lowest BCUT2D eigenvalue weighted by molar-refractivity contribution is -0.917. The van der Waals surface area contributed by atoms with E-state index < -0.39 is 0 Å². The van der Waals surface area contributed by atoms with Crippen LogP contribution in [0.4, 0.5) is 8.78 Å². The number of hydrogen-bond donors (Lipinski definition) is 2. The summed E-state index contributed by atoms with van der Waals surface area (Å²) in [6.45, 7) is 4.80. The summed E-state index contributed by atoms with van der Waals surface area (Å²) in [7, 11) is 1.61. The van der Waals surface area contributed by atoms with Gasteiger partial charge in [0.2, 0.25) is 0 Å². The first kappa shape index (κ1) is 19.5. The number of rotatable bonds is 5. The van der Waals surface area contributed by atoms with Crippen LogP contribution >= 0.6 is 12.2 Å². The molecule has 4 nitrogen and oxygen atoms in total. The van der Waals surface area contributed by atoms with Crippen LogP contribution in [0.5, 0.6) is 5.75 Å². The molecule has 0 aliphatic carbocycles. The van der Waals surface area contributed by atoms with Crippen molar-refractivity contribution in [1.82, 2.24) is 10.2 Å². The number of nitrogens with zero attached hydrogens (tertiary/aromatic N) is 1. The van der Waals surface area contributed by atoms with Crippen LogP contribution < -0.4 is 15.0 Å². The summed E-state index contributed by atoms with van der Waals surface area (Å²) in [4.78, 5) is 3.52. The van der Waals surface area contributed by atoms with E-state index in [0.29, 0.717) is 11.7 Å². The van der Waals surface area contributed by atoms with E-state index in [1.807, 2.05) is 0 Å². The molecule has 2 aromatic rings. The predicted octanol–water partition coefficient (Wildman–Crippen LogP) is 1.75. The molecule has 0 bridgehead atoms. The largest absolute Gasteiger partial charge is 0.496 e. The molecule has 144 valence electrons. The average Bonchev–Trinajstić information content (AvgIpc) is 2.68. The molecule has 1 heterocycles. The Balaban J connectivity index is 1.47. The van der Waals surface area contributed by atoms with Crippen molar-refractivity contribution in [3.63, 3.8) is 0 Å². The van der Waals surface area contributed by atoms with Gasteiger partial charge >= 0.3 is 0 Å². The third kappa shape index (κ3) is 5.37. The summed E-state index contributed by atoms with van der Waals surface area (Å²) >= 11 is 5.49. The molecule has 27 heavy (non-hydrogen) atoms. The number of thiocarbonyl (C=S) groups is 1. The SMILES string of the molecule is COc1ccc(F)cc1C[NH+]1CCN(C(=S)NCc2ccc(F)cc2)CC1. The molecule has 1 saturated heterocycles. The second kappa shape index (κ2) is 9.10. The fourth-order valence-corrected chi connectivity index (χ4v) is 3.50. The van der Waals surface area contributed by atoms with Crippen molar-refractivity contribution in [2.75, 3.05) is 33.3 Å². The molecule has 0 radical (unpaired) electrons.